The first-order chi connectivity index (χ1) is 10.6. The monoisotopic (exact) mass is 304 g/mol. The summed E-state index contributed by atoms with van der Waals surface area (Å²) in [6, 6.07) is 3.73. The van der Waals surface area contributed by atoms with E-state index in [1.807, 2.05) is 12.1 Å². The second kappa shape index (κ2) is 8.51. The van der Waals surface area contributed by atoms with Crippen molar-refractivity contribution in [3.63, 3.8) is 0 Å². The SMILES string of the molecule is O=C(O)CCN(Cc1ccncc1)C(=O)CC1CCCCC1. The third-order valence-corrected chi connectivity index (χ3v) is 4.26. The lowest BCUT2D eigenvalue weighted by Crippen LogP contribution is -2.34. The molecule has 1 fully saturated rings. The van der Waals surface area contributed by atoms with Gasteiger partial charge >= 0.3 is 5.97 Å². The van der Waals surface area contributed by atoms with Gasteiger partial charge in [-0.15, -0.1) is 0 Å². The van der Waals surface area contributed by atoms with Crippen molar-refractivity contribution in [2.24, 2.45) is 5.92 Å². The maximum absolute atomic E-state index is 12.5. The number of amides is 1. The van der Waals surface area contributed by atoms with Gasteiger partial charge in [0.05, 0.1) is 6.42 Å². The van der Waals surface area contributed by atoms with Crippen molar-refractivity contribution in [2.45, 2.75) is 51.5 Å². The van der Waals surface area contributed by atoms with E-state index in [1.54, 1.807) is 17.3 Å². The average Bonchev–Trinajstić information content (AvgIpc) is 2.53. The molecule has 1 aliphatic carbocycles. The Morgan fingerprint density at radius 2 is 1.86 bits per heavy atom. The standard InChI is InChI=1S/C17H24N2O3/c20-16(12-14-4-2-1-3-5-14)19(11-8-17(21)22)13-15-6-9-18-10-7-15/h6-7,9-10,14H,1-5,8,11-13H2,(H,21,22). The zero-order valence-corrected chi connectivity index (χ0v) is 12.9. The highest BCUT2D eigenvalue weighted by Gasteiger charge is 2.21. The summed E-state index contributed by atoms with van der Waals surface area (Å²) >= 11 is 0. The van der Waals surface area contributed by atoms with Gasteiger partial charge in [-0.25, -0.2) is 0 Å². The predicted octanol–water partition coefficient (Wildman–Crippen LogP) is 2.86. The first kappa shape index (κ1) is 16.5. The van der Waals surface area contributed by atoms with E-state index in [4.69, 9.17) is 5.11 Å². The number of hydrogen-bond donors (Lipinski definition) is 1. The van der Waals surface area contributed by atoms with Crippen LogP contribution in [-0.2, 0) is 16.1 Å². The smallest absolute Gasteiger partial charge is 0.305 e. The Bertz CT molecular complexity index is 484. The number of rotatable bonds is 7. The van der Waals surface area contributed by atoms with Crippen molar-refractivity contribution >= 4 is 11.9 Å². The van der Waals surface area contributed by atoms with E-state index in [2.05, 4.69) is 4.98 Å². The Hall–Kier alpha value is -1.91. The zero-order chi connectivity index (χ0) is 15.8. The molecule has 22 heavy (non-hydrogen) atoms. The Morgan fingerprint density at radius 3 is 2.50 bits per heavy atom. The lowest BCUT2D eigenvalue weighted by Gasteiger charge is -2.26. The second-order valence-corrected chi connectivity index (χ2v) is 6.02. The normalized spacial score (nSPS) is 15.5. The van der Waals surface area contributed by atoms with Crippen LogP contribution in [0, 0.1) is 5.92 Å². The minimum Gasteiger partial charge on any atom is -0.481 e. The lowest BCUT2D eigenvalue weighted by molar-refractivity contribution is -0.139. The van der Waals surface area contributed by atoms with Gasteiger partial charge in [0.25, 0.3) is 0 Å². The molecule has 0 atom stereocenters. The molecule has 120 valence electrons. The van der Waals surface area contributed by atoms with Crippen LogP contribution in [0.15, 0.2) is 24.5 Å². The highest BCUT2D eigenvalue weighted by atomic mass is 16.4. The van der Waals surface area contributed by atoms with Gasteiger partial charge in [0, 0.05) is 31.9 Å². The number of hydrogen-bond acceptors (Lipinski definition) is 3. The molecule has 1 saturated carbocycles. The van der Waals surface area contributed by atoms with Gasteiger partial charge in [-0.3, -0.25) is 14.6 Å². The highest BCUT2D eigenvalue weighted by Crippen LogP contribution is 2.27. The molecule has 0 aliphatic heterocycles. The second-order valence-electron chi connectivity index (χ2n) is 6.02. The van der Waals surface area contributed by atoms with Crippen molar-refractivity contribution in [1.82, 2.24) is 9.88 Å². The fourth-order valence-electron chi connectivity index (χ4n) is 3.00. The van der Waals surface area contributed by atoms with Gasteiger partial charge in [-0.2, -0.15) is 0 Å². The molecule has 0 bridgehead atoms. The number of carbonyl (C=O) groups is 2. The minimum absolute atomic E-state index is 0.0124. The summed E-state index contributed by atoms with van der Waals surface area (Å²) in [5.41, 5.74) is 0.984. The van der Waals surface area contributed by atoms with Crippen LogP contribution in [0.1, 0.15) is 50.5 Å². The average molecular weight is 304 g/mol. The van der Waals surface area contributed by atoms with E-state index in [0.717, 1.165) is 18.4 Å². The summed E-state index contributed by atoms with van der Waals surface area (Å²) < 4.78 is 0. The van der Waals surface area contributed by atoms with Crippen LogP contribution in [0.3, 0.4) is 0 Å². The van der Waals surface area contributed by atoms with Crippen molar-refractivity contribution in [3.8, 4) is 0 Å². The molecule has 1 heterocycles. The molecule has 1 N–H and O–H groups in total. The van der Waals surface area contributed by atoms with E-state index >= 15 is 0 Å². The molecule has 0 radical (unpaired) electrons. The Labute approximate surface area is 131 Å². The Kier molecular flexibility index (Phi) is 6.37. The molecule has 5 nitrogen and oxygen atoms in total. The molecule has 1 amide bonds. The van der Waals surface area contributed by atoms with Crippen molar-refractivity contribution in [1.29, 1.82) is 0 Å². The summed E-state index contributed by atoms with van der Waals surface area (Å²) in [5, 5.41) is 8.88. The van der Waals surface area contributed by atoms with Crippen molar-refractivity contribution < 1.29 is 14.7 Å². The molecular weight excluding hydrogens is 280 g/mol. The van der Waals surface area contributed by atoms with Crippen molar-refractivity contribution in [2.75, 3.05) is 6.54 Å². The molecule has 0 unspecified atom stereocenters. The molecule has 1 aromatic heterocycles. The third-order valence-electron chi connectivity index (χ3n) is 4.26. The fourth-order valence-corrected chi connectivity index (χ4v) is 3.00. The van der Waals surface area contributed by atoms with Crippen molar-refractivity contribution in [3.05, 3.63) is 30.1 Å². The lowest BCUT2D eigenvalue weighted by atomic mass is 9.86. The summed E-state index contributed by atoms with van der Waals surface area (Å²) in [4.78, 5) is 29.0. The number of carbonyl (C=O) groups excluding carboxylic acids is 1. The van der Waals surface area contributed by atoms with Crippen LogP contribution in [0.2, 0.25) is 0 Å². The van der Waals surface area contributed by atoms with Crippen LogP contribution < -0.4 is 0 Å². The maximum Gasteiger partial charge on any atom is 0.305 e. The van der Waals surface area contributed by atoms with Crippen LogP contribution in [0.4, 0.5) is 0 Å². The fraction of sp³-hybridized carbons (Fsp3) is 0.588. The summed E-state index contributed by atoms with van der Waals surface area (Å²) in [6.07, 6.45) is 9.83. The molecule has 2 rings (SSSR count). The topological polar surface area (TPSA) is 70.5 Å². The molecule has 0 aromatic carbocycles. The highest BCUT2D eigenvalue weighted by molar-refractivity contribution is 5.77. The van der Waals surface area contributed by atoms with Gasteiger partial charge in [0.2, 0.25) is 5.91 Å². The van der Waals surface area contributed by atoms with E-state index < -0.39 is 5.97 Å². The summed E-state index contributed by atoms with van der Waals surface area (Å²) in [6.45, 7) is 0.727. The third kappa shape index (κ3) is 5.47. The molecule has 0 spiro atoms. The summed E-state index contributed by atoms with van der Waals surface area (Å²) in [7, 11) is 0. The molecule has 1 aliphatic rings. The van der Waals surface area contributed by atoms with Gasteiger partial charge in [-0.1, -0.05) is 19.3 Å². The number of aromatic nitrogens is 1. The zero-order valence-electron chi connectivity index (χ0n) is 12.9. The maximum atomic E-state index is 12.5. The van der Waals surface area contributed by atoms with Crippen LogP contribution >= 0.6 is 0 Å². The first-order valence-corrected chi connectivity index (χ1v) is 8.03. The van der Waals surface area contributed by atoms with E-state index in [-0.39, 0.29) is 18.9 Å². The number of aliphatic carboxylic acids is 1. The first-order valence-electron chi connectivity index (χ1n) is 8.03. The van der Waals surface area contributed by atoms with Crippen LogP contribution in [-0.4, -0.2) is 33.4 Å². The van der Waals surface area contributed by atoms with Crippen LogP contribution in [0.5, 0.6) is 0 Å². The largest absolute Gasteiger partial charge is 0.481 e. The summed E-state index contributed by atoms with van der Waals surface area (Å²) in [5.74, 6) is -0.332. The van der Waals surface area contributed by atoms with E-state index in [0.29, 0.717) is 18.9 Å². The van der Waals surface area contributed by atoms with Gasteiger partial charge in [-0.05, 0) is 36.5 Å². The number of pyridine rings is 1. The molecule has 5 heteroatoms. The molecule has 0 saturated heterocycles. The van der Waals surface area contributed by atoms with E-state index in [1.165, 1.54) is 19.3 Å². The van der Waals surface area contributed by atoms with Gasteiger partial charge in [0.15, 0.2) is 0 Å². The number of nitrogens with zero attached hydrogens (tertiary/aromatic N) is 2. The molecule has 1 aromatic rings. The van der Waals surface area contributed by atoms with Crippen LogP contribution in [0.25, 0.3) is 0 Å². The van der Waals surface area contributed by atoms with E-state index in [9.17, 15) is 9.59 Å². The number of carboxylic acids is 1. The molecular formula is C17H24N2O3. The Balaban J connectivity index is 1.95. The Morgan fingerprint density at radius 1 is 1.18 bits per heavy atom. The number of carboxylic acid groups (broad SMARTS) is 1. The quantitative estimate of drug-likeness (QED) is 0.841. The van der Waals surface area contributed by atoms with Gasteiger partial charge in [0.1, 0.15) is 0 Å². The predicted molar refractivity (Wildman–Crippen MR) is 83.1 cm³/mol. The minimum atomic E-state index is -0.870. The van der Waals surface area contributed by atoms with Gasteiger partial charge < -0.3 is 10.0 Å².